The van der Waals surface area contributed by atoms with Gasteiger partial charge >= 0.3 is 0 Å². The van der Waals surface area contributed by atoms with Crippen LogP contribution in [0.25, 0.3) is 0 Å². The average Bonchev–Trinajstić information content (AvgIpc) is 1.99. The molecule has 0 aliphatic heterocycles. The molecule has 0 saturated heterocycles. The van der Waals surface area contributed by atoms with E-state index in [0.717, 1.165) is 10.3 Å². The molecule has 0 atom stereocenters. The summed E-state index contributed by atoms with van der Waals surface area (Å²) >= 11 is 3.35. The highest BCUT2D eigenvalue weighted by atomic mass is 79.9. The van der Waals surface area contributed by atoms with Crippen LogP contribution in [0.15, 0.2) is 16.9 Å². The topological polar surface area (TPSA) is 25.8 Å². The normalized spacial score (nSPS) is 40.8. The van der Waals surface area contributed by atoms with Crippen molar-refractivity contribution >= 4 is 15.9 Å². The molecule has 0 aromatic carbocycles. The van der Waals surface area contributed by atoms with Crippen molar-refractivity contribution < 1.29 is 0 Å². The molecule has 2 nitrogen and oxygen atoms in total. The molecule has 1 heterocycles. The van der Waals surface area contributed by atoms with Crippen molar-refractivity contribution in [2.24, 2.45) is 5.41 Å². The van der Waals surface area contributed by atoms with Gasteiger partial charge < -0.3 is 0 Å². The summed E-state index contributed by atoms with van der Waals surface area (Å²) in [5, 5.41) is 0. The monoisotopic (exact) mass is 238 g/mol. The zero-order chi connectivity index (χ0) is 9.10. The van der Waals surface area contributed by atoms with E-state index in [1.165, 1.54) is 19.3 Å². The second kappa shape index (κ2) is 2.14. The predicted molar refractivity (Wildman–Crippen MR) is 53.4 cm³/mol. The smallest absolute Gasteiger partial charge is 0.134 e. The first-order valence-corrected chi connectivity index (χ1v) is 5.39. The molecule has 0 unspecified atom stereocenters. The molecule has 13 heavy (non-hydrogen) atoms. The number of hydrogen-bond donors (Lipinski definition) is 0. The highest BCUT2D eigenvalue weighted by Crippen LogP contribution is 2.72. The van der Waals surface area contributed by atoms with Crippen molar-refractivity contribution in [2.45, 2.75) is 31.6 Å². The molecule has 3 aliphatic carbocycles. The van der Waals surface area contributed by atoms with E-state index in [1.54, 1.807) is 0 Å². The fourth-order valence-electron chi connectivity index (χ4n) is 3.12. The molecular weight excluding hydrogens is 228 g/mol. The van der Waals surface area contributed by atoms with Crippen molar-refractivity contribution in [3.8, 4) is 0 Å². The van der Waals surface area contributed by atoms with Crippen molar-refractivity contribution in [3.05, 3.63) is 22.7 Å². The first kappa shape index (κ1) is 7.92. The Kier molecular flexibility index (Phi) is 1.30. The van der Waals surface area contributed by atoms with Gasteiger partial charge in [0.2, 0.25) is 0 Å². The second-order valence-electron chi connectivity index (χ2n) is 4.85. The average molecular weight is 239 g/mol. The molecule has 4 rings (SSSR count). The molecule has 0 amide bonds. The molecule has 3 saturated carbocycles. The summed E-state index contributed by atoms with van der Waals surface area (Å²) in [6.45, 7) is 2.35. The fraction of sp³-hybridized carbons (Fsp3) is 0.600. The molecule has 3 aliphatic rings. The maximum atomic E-state index is 4.38. The Morgan fingerprint density at radius 3 is 2.23 bits per heavy atom. The van der Waals surface area contributed by atoms with Crippen LogP contribution in [-0.2, 0) is 5.41 Å². The molecule has 3 fully saturated rings. The highest BCUT2D eigenvalue weighted by Gasteiger charge is 2.67. The van der Waals surface area contributed by atoms with E-state index < -0.39 is 0 Å². The Morgan fingerprint density at radius 2 is 1.77 bits per heavy atom. The predicted octanol–water partition coefficient (Wildman–Crippen LogP) is 2.68. The largest absolute Gasteiger partial charge is 0.240 e. The molecule has 0 N–H and O–H groups in total. The van der Waals surface area contributed by atoms with Gasteiger partial charge in [0, 0.05) is 17.8 Å². The molecule has 1 aromatic heterocycles. The third-order valence-corrected chi connectivity index (χ3v) is 3.80. The van der Waals surface area contributed by atoms with Crippen LogP contribution in [0.1, 0.15) is 32.0 Å². The Balaban J connectivity index is 1.91. The van der Waals surface area contributed by atoms with Crippen molar-refractivity contribution in [3.63, 3.8) is 0 Å². The van der Waals surface area contributed by atoms with Gasteiger partial charge in [-0.1, -0.05) is 6.92 Å². The van der Waals surface area contributed by atoms with Crippen LogP contribution < -0.4 is 0 Å². The van der Waals surface area contributed by atoms with Gasteiger partial charge in [-0.15, -0.1) is 0 Å². The number of halogens is 1. The van der Waals surface area contributed by atoms with Crippen molar-refractivity contribution in [1.29, 1.82) is 0 Å². The molecule has 68 valence electrons. The van der Waals surface area contributed by atoms with Crippen LogP contribution in [0.3, 0.4) is 0 Å². The van der Waals surface area contributed by atoms with E-state index in [1.807, 2.05) is 12.4 Å². The third-order valence-electron chi connectivity index (χ3n) is 3.39. The van der Waals surface area contributed by atoms with Gasteiger partial charge in [-0.2, -0.15) is 0 Å². The Bertz CT molecular complexity index is 338. The SMILES string of the molecule is CC12CC(c3ncc(Br)cn3)(C1)C2. The van der Waals surface area contributed by atoms with Crippen molar-refractivity contribution in [1.82, 2.24) is 9.97 Å². The quantitative estimate of drug-likeness (QED) is 0.752. The minimum Gasteiger partial charge on any atom is -0.240 e. The molecule has 0 spiro atoms. The van der Waals surface area contributed by atoms with Gasteiger partial charge in [0.05, 0.1) is 4.47 Å². The lowest BCUT2D eigenvalue weighted by Gasteiger charge is -2.68. The van der Waals surface area contributed by atoms with Crippen LogP contribution in [0.2, 0.25) is 0 Å². The summed E-state index contributed by atoms with van der Waals surface area (Å²) in [5.74, 6) is 1.06. The Labute approximate surface area is 85.9 Å². The molecule has 2 bridgehead atoms. The minimum atomic E-state index is 0.370. The summed E-state index contributed by atoms with van der Waals surface area (Å²) < 4.78 is 0.967. The maximum Gasteiger partial charge on any atom is 0.134 e. The van der Waals surface area contributed by atoms with Crippen molar-refractivity contribution in [2.75, 3.05) is 0 Å². The molecular formula is C10H11BrN2. The molecule has 3 heteroatoms. The lowest BCUT2D eigenvalue weighted by molar-refractivity contribution is -0.130. The maximum absolute atomic E-state index is 4.38. The summed E-state index contributed by atoms with van der Waals surface area (Å²) in [4.78, 5) is 8.77. The highest BCUT2D eigenvalue weighted by molar-refractivity contribution is 9.10. The number of nitrogens with zero attached hydrogens (tertiary/aromatic N) is 2. The second-order valence-corrected chi connectivity index (χ2v) is 5.76. The standard InChI is InChI=1S/C10H11BrN2/c1-9-4-10(5-9,6-9)8-12-2-7(11)3-13-8/h2-3H,4-6H2,1H3. The van der Waals surface area contributed by atoms with E-state index in [2.05, 4.69) is 32.8 Å². The van der Waals surface area contributed by atoms with E-state index in [4.69, 9.17) is 0 Å². The fourth-order valence-corrected chi connectivity index (χ4v) is 3.32. The zero-order valence-electron chi connectivity index (χ0n) is 7.55. The number of aromatic nitrogens is 2. The minimum absolute atomic E-state index is 0.370. The van der Waals surface area contributed by atoms with E-state index in [9.17, 15) is 0 Å². The van der Waals surface area contributed by atoms with Gasteiger partial charge in [0.15, 0.2) is 0 Å². The first-order valence-electron chi connectivity index (χ1n) is 4.60. The summed E-state index contributed by atoms with van der Waals surface area (Å²) in [6.07, 6.45) is 7.58. The zero-order valence-corrected chi connectivity index (χ0v) is 9.13. The van der Waals surface area contributed by atoms with Gasteiger partial charge in [-0.05, 0) is 40.6 Å². The van der Waals surface area contributed by atoms with Crippen LogP contribution in [0.5, 0.6) is 0 Å². The van der Waals surface area contributed by atoms with Gasteiger partial charge in [0.1, 0.15) is 5.82 Å². The van der Waals surface area contributed by atoms with Gasteiger partial charge in [0.25, 0.3) is 0 Å². The molecule has 0 radical (unpaired) electrons. The third kappa shape index (κ3) is 0.938. The van der Waals surface area contributed by atoms with Crippen LogP contribution in [0, 0.1) is 5.41 Å². The Morgan fingerprint density at radius 1 is 1.23 bits per heavy atom. The summed E-state index contributed by atoms with van der Waals surface area (Å²) in [7, 11) is 0. The van der Waals surface area contributed by atoms with Gasteiger partial charge in [-0.25, -0.2) is 9.97 Å². The van der Waals surface area contributed by atoms with E-state index >= 15 is 0 Å². The summed E-state index contributed by atoms with van der Waals surface area (Å²) in [5.41, 5.74) is 1.01. The van der Waals surface area contributed by atoms with E-state index in [-0.39, 0.29) is 0 Å². The lowest BCUT2D eigenvalue weighted by atomic mass is 9.35. The number of rotatable bonds is 1. The van der Waals surface area contributed by atoms with Crippen LogP contribution in [0.4, 0.5) is 0 Å². The van der Waals surface area contributed by atoms with Crippen LogP contribution in [-0.4, -0.2) is 9.97 Å². The van der Waals surface area contributed by atoms with Crippen LogP contribution >= 0.6 is 15.9 Å². The first-order chi connectivity index (χ1) is 6.12. The molecule has 1 aromatic rings. The lowest BCUT2D eigenvalue weighted by Crippen LogP contribution is -2.63. The summed E-state index contributed by atoms with van der Waals surface area (Å²) in [6, 6.07) is 0. The van der Waals surface area contributed by atoms with E-state index in [0.29, 0.717) is 10.8 Å². The Hall–Kier alpha value is -0.440. The van der Waals surface area contributed by atoms with Gasteiger partial charge in [-0.3, -0.25) is 0 Å². The number of hydrogen-bond acceptors (Lipinski definition) is 2.